The molecule has 0 aliphatic carbocycles. The molecule has 0 heterocycles. The summed E-state index contributed by atoms with van der Waals surface area (Å²) in [6.45, 7) is 0.484. The molecule has 3 nitrogen and oxygen atoms in total. The zero-order valence-electron chi connectivity index (χ0n) is 9.82. The first kappa shape index (κ1) is 12.6. The number of nitrogens with one attached hydrogen (secondary N) is 1. The van der Waals surface area contributed by atoms with E-state index in [0.717, 1.165) is 11.3 Å². The highest BCUT2D eigenvalue weighted by Gasteiger charge is 2.11. The van der Waals surface area contributed by atoms with E-state index in [9.17, 15) is 4.79 Å². The number of carbonyl (C=O) groups is 1. The molecule has 0 fully saturated rings. The van der Waals surface area contributed by atoms with Crippen molar-refractivity contribution in [3.63, 3.8) is 0 Å². The van der Waals surface area contributed by atoms with Crippen LogP contribution in [-0.4, -0.2) is 5.91 Å². The molecule has 0 spiro atoms. The average Bonchev–Trinajstić information content (AvgIpc) is 2.40. The first-order valence-electron chi connectivity index (χ1n) is 5.60. The number of hydrogen-bond donors (Lipinski definition) is 2. The molecule has 4 heteroatoms. The second-order valence-corrected chi connectivity index (χ2v) is 4.39. The minimum atomic E-state index is -0.186. The monoisotopic (exact) mass is 261 g/mol. The van der Waals surface area contributed by atoms with Crippen LogP contribution in [0.15, 0.2) is 48.5 Å². The van der Waals surface area contributed by atoms with Gasteiger partial charge in [-0.3, -0.25) is 4.79 Å². The van der Waals surface area contributed by atoms with Gasteiger partial charge in [-0.15, -0.1) is 0 Å². The van der Waals surface area contributed by atoms with Crippen molar-refractivity contribution in [3.8, 4) is 0 Å². The van der Waals surface area contributed by atoms with Crippen LogP contribution in [0, 0.1) is 0 Å². The van der Waals surface area contributed by atoms with Crippen molar-refractivity contribution >= 4 is 23.2 Å². The Kier molecular flexibility index (Phi) is 3.97. The van der Waals surface area contributed by atoms with E-state index in [0.29, 0.717) is 17.1 Å². The summed E-state index contributed by atoms with van der Waals surface area (Å²) in [6, 6.07) is 14.9. The lowest BCUT2D eigenvalue weighted by atomic mass is 10.1. The minimum Gasteiger partial charge on any atom is -0.348 e. The highest BCUT2D eigenvalue weighted by Crippen LogP contribution is 2.18. The molecular formula is C14H14ClN2O+. The van der Waals surface area contributed by atoms with Gasteiger partial charge in [0.25, 0.3) is 5.91 Å². The van der Waals surface area contributed by atoms with Gasteiger partial charge in [0.1, 0.15) is 5.69 Å². The number of quaternary nitrogens is 1. The molecule has 0 bridgehead atoms. The smallest absolute Gasteiger partial charge is 0.253 e. The molecule has 2 aromatic carbocycles. The summed E-state index contributed by atoms with van der Waals surface area (Å²) in [6.07, 6.45) is 0. The lowest BCUT2D eigenvalue weighted by Crippen LogP contribution is -2.40. The minimum absolute atomic E-state index is 0.186. The third-order valence-electron chi connectivity index (χ3n) is 2.57. The standard InChI is InChI=1S/C14H13ClN2O/c15-13-7-6-11(16)8-12(13)14(18)17-9-10-4-2-1-3-5-10/h1-8H,9,16H2,(H,17,18)/p+1. The van der Waals surface area contributed by atoms with Crippen LogP contribution in [0.4, 0.5) is 5.69 Å². The predicted octanol–water partition coefficient (Wildman–Crippen LogP) is 2.14. The van der Waals surface area contributed by atoms with Crippen molar-refractivity contribution in [2.45, 2.75) is 6.54 Å². The number of rotatable bonds is 3. The van der Waals surface area contributed by atoms with Crippen molar-refractivity contribution in [1.82, 2.24) is 5.32 Å². The van der Waals surface area contributed by atoms with E-state index in [2.05, 4.69) is 11.1 Å². The van der Waals surface area contributed by atoms with Crippen molar-refractivity contribution in [3.05, 3.63) is 64.7 Å². The topological polar surface area (TPSA) is 56.7 Å². The summed E-state index contributed by atoms with van der Waals surface area (Å²) < 4.78 is 0. The number of carbonyl (C=O) groups excluding carboxylic acids is 1. The molecule has 0 unspecified atom stereocenters. The van der Waals surface area contributed by atoms with E-state index in [1.165, 1.54) is 0 Å². The number of amides is 1. The van der Waals surface area contributed by atoms with Crippen LogP contribution >= 0.6 is 11.6 Å². The largest absolute Gasteiger partial charge is 0.348 e. The Bertz CT molecular complexity index is 555. The Morgan fingerprint density at radius 2 is 1.89 bits per heavy atom. The zero-order valence-corrected chi connectivity index (χ0v) is 10.6. The van der Waals surface area contributed by atoms with Crippen LogP contribution in [0.3, 0.4) is 0 Å². The Labute approximate surface area is 111 Å². The molecule has 18 heavy (non-hydrogen) atoms. The second-order valence-electron chi connectivity index (χ2n) is 3.98. The summed E-state index contributed by atoms with van der Waals surface area (Å²) >= 11 is 5.98. The van der Waals surface area contributed by atoms with Crippen molar-refractivity contribution < 1.29 is 10.5 Å². The van der Waals surface area contributed by atoms with Gasteiger partial charge in [-0.1, -0.05) is 41.9 Å². The first-order chi connectivity index (χ1) is 8.66. The Balaban J connectivity index is 2.06. The molecule has 4 N–H and O–H groups in total. The Hall–Kier alpha value is -1.84. The summed E-state index contributed by atoms with van der Waals surface area (Å²) in [7, 11) is 0. The van der Waals surface area contributed by atoms with Gasteiger partial charge >= 0.3 is 0 Å². The van der Waals surface area contributed by atoms with Gasteiger partial charge in [0.15, 0.2) is 0 Å². The van der Waals surface area contributed by atoms with Crippen LogP contribution in [-0.2, 0) is 6.54 Å². The summed E-state index contributed by atoms with van der Waals surface area (Å²) in [5.74, 6) is -0.186. The van der Waals surface area contributed by atoms with Gasteiger partial charge in [0.05, 0.1) is 10.6 Å². The molecule has 2 aromatic rings. The molecule has 0 aliphatic heterocycles. The molecular weight excluding hydrogens is 248 g/mol. The Morgan fingerprint density at radius 1 is 1.17 bits per heavy atom. The van der Waals surface area contributed by atoms with Gasteiger partial charge in [-0.2, -0.15) is 0 Å². The molecule has 1 amide bonds. The molecule has 0 atom stereocenters. The van der Waals surface area contributed by atoms with Crippen LogP contribution < -0.4 is 11.1 Å². The van der Waals surface area contributed by atoms with Crippen LogP contribution in [0.1, 0.15) is 15.9 Å². The number of halogens is 1. The maximum Gasteiger partial charge on any atom is 0.253 e. The average molecular weight is 262 g/mol. The van der Waals surface area contributed by atoms with E-state index >= 15 is 0 Å². The van der Waals surface area contributed by atoms with E-state index in [1.54, 1.807) is 18.2 Å². The normalized spacial score (nSPS) is 10.1. The maximum absolute atomic E-state index is 12.0. The summed E-state index contributed by atoms with van der Waals surface area (Å²) in [5.41, 5.74) is 6.06. The molecule has 0 saturated heterocycles. The Morgan fingerprint density at radius 3 is 2.61 bits per heavy atom. The van der Waals surface area contributed by atoms with E-state index in [-0.39, 0.29) is 5.91 Å². The van der Waals surface area contributed by atoms with Gasteiger partial charge in [0.2, 0.25) is 0 Å². The maximum atomic E-state index is 12.0. The third-order valence-corrected chi connectivity index (χ3v) is 2.90. The van der Waals surface area contributed by atoms with Crippen LogP contribution in [0.5, 0.6) is 0 Å². The summed E-state index contributed by atoms with van der Waals surface area (Å²) in [5, 5.41) is 3.27. The fourth-order valence-corrected chi connectivity index (χ4v) is 1.82. The van der Waals surface area contributed by atoms with Gasteiger partial charge in [-0.25, -0.2) is 0 Å². The first-order valence-corrected chi connectivity index (χ1v) is 5.98. The molecule has 0 aromatic heterocycles. The lowest BCUT2D eigenvalue weighted by Gasteiger charge is -2.06. The lowest BCUT2D eigenvalue weighted by molar-refractivity contribution is -0.254. The number of hydrogen-bond acceptors (Lipinski definition) is 1. The molecule has 0 radical (unpaired) electrons. The zero-order chi connectivity index (χ0) is 13.0. The van der Waals surface area contributed by atoms with Gasteiger partial charge in [-0.05, 0) is 11.6 Å². The van der Waals surface area contributed by atoms with E-state index in [4.69, 9.17) is 11.6 Å². The van der Waals surface area contributed by atoms with Gasteiger partial charge in [0, 0.05) is 18.7 Å². The van der Waals surface area contributed by atoms with E-state index in [1.807, 2.05) is 30.3 Å². The molecule has 0 saturated carbocycles. The quantitative estimate of drug-likeness (QED) is 0.874. The second kappa shape index (κ2) is 5.67. The number of benzene rings is 2. The highest BCUT2D eigenvalue weighted by atomic mass is 35.5. The van der Waals surface area contributed by atoms with Crippen molar-refractivity contribution in [1.29, 1.82) is 0 Å². The molecule has 0 aliphatic rings. The summed E-state index contributed by atoms with van der Waals surface area (Å²) in [4.78, 5) is 12.0. The van der Waals surface area contributed by atoms with Crippen LogP contribution in [0.25, 0.3) is 0 Å². The highest BCUT2D eigenvalue weighted by molar-refractivity contribution is 6.33. The fraction of sp³-hybridized carbons (Fsp3) is 0.0714. The molecule has 92 valence electrons. The fourth-order valence-electron chi connectivity index (χ4n) is 1.62. The van der Waals surface area contributed by atoms with Crippen molar-refractivity contribution in [2.24, 2.45) is 0 Å². The van der Waals surface area contributed by atoms with Crippen LogP contribution in [0.2, 0.25) is 5.02 Å². The van der Waals surface area contributed by atoms with Crippen molar-refractivity contribution in [2.75, 3.05) is 0 Å². The predicted molar refractivity (Wildman–Crippen MR) is 71.6 cm³/mol. The van der Waals surface area contributed by atoms with Gasteiger partial charge < -0.3 is 11.1 Å². The van der Waals surface area contributed by atoms with E-state index < -0.39 is 0 Å². The SMILES string of the molecule is [NH3+]c1ccc(Cl)c(C(=O)NCc2ccccc2)c1. The molecule has 2 rings (SSSR count). The third kappa shape index (κ3) is 3.09.